The molecule has 1 aliphatic heterocycles. The third kappa shape index (κ3) is 4.39. The molecule has 0 amide bonds. The van der Waals surface area contributed by atoms with Crippen molar-refractivity contribution in [3.05, 3.63) is 23.8 Å². The van der Waals surface area contributed by atoms with Crippen LogP contribution in [0.3, 0.4) is 0 Å². The fourth-order valence-electron chi connectivity index (χ4n) is 2.80. The largest absolute Gasteiger partial charge is 0.492 e. The first-order valence-corrected chi connectivity index (χ1v) is 8.11. The molecule has 1 atom stereocenters. The van der Waals surface area contributed by atoms with Gasteiger partial charge in [-0.3, -0.25) is 0 Å². The molecule has 0 bridgehead atoms. The molecule has 0 aliphatic carbocycles. The van der Waals surface area contributed by atoms with Gasteiger partial charge >= 0.3 is 0 Å². The summed E-state index contributed by atoms with van der Waals surface area (Å²) in [6.45, 7) is 14.2. The van der Waals surface area contributed by atoms with Crippen molar-refractivity contribution in [3.63, 3.8) is 0 Å². The second kappa shape index (κ2) is 5.90. The molecule has 2 rings (SSSR count). The quantitative estimate of drug-likeness (QED) is 0.728. The molecule has 0 aromatic heterocycles. The van der Waals surface area contributed by atoms with Crippen molar-refractivity contribution in [2.24, 2.45) is 5.41 Å². The minimum Gasteiger partial charge on any atom is -0.492 e. The molecule has 0 N–H and O–H groups in total. The lowest BCUT2D eigenvalue weighted by atomic mass is 9.87. The van der Waals surface area contributed by atoms with Crippen LogP contribution in [0.5, 0.6) is 11.5 Å². The third-order valence-corrected chi connectivity index (χ3v) is 4.15. The molecule has 1 unspecified atom stereocenters. The Labute approximate surface area is 129 Å². The Morgan fingerprint density at radius 3 is 2.67 bits per heavy atom. The van der Waals surface area contributed by atoms with Crippen LogP contribution in [0.15, 0.2) is 18.2 Å². The Morgan fingerprint density at radius 1 is 1.29 bits per heavy atom. The lowest BCUT2D eigenvalue weighted by Gasteiger charge is -2.20. The summed E-state index contributed by atoms with van der Waals surface area (Å²) in [4.78, 5) is 0. The maximum Gasteiger partial charge on any atom is 0.126 e. The van der Waals surface area contributed by atoms with Crippen molar-refractivity contribution in [3.8, 4) is 11.5 Å². The molecule has 2 heteroatoms. The van der Waals surface area contributed by atoms with Gasteiger partial charge in [-0.05, 0) is 37.7 Å². The lowest BCUT2D eigenvalue weighted by Crippen LogP contribution is -2.18. The van der Waals surface area contributed by atoms with Gasteiger partial charge in [-0.1, -0.05) is 40.7 Å². The second-order valence-electron chi connectivity index (χ2n) is 8.21. The van der Waals surface area contributed by atoms with Gasteiger partial charge in [-0.25, -0.2) is 0 Å². The van der Waals surface area contributed by atoms with Crippen molar-refractivity contribution >= 4 is 0 Å². The highest BCUT2D eigenvalue weighted by atomic mass is 16.5. The van der Waals surface area contributed by atoms with Crippen LogP contribution in [-0.2, 0) is 5.41 Å². The molecule has 1 heterocycles. The molecule has 0 radical (unpaired) electrons. The standard InChI is InChI=1S/C19H30O2/c1-14(8-7-11-18(2,3)4)21-15-9-10-16-17(12-15)20-13-19(16,5)6/h9-10,12,14H,7-8,11,13H2,1-6H3. The van der Waals surface area contributed by atoms with Crippen LogP contribution >= 0.6 is 0 Å². The maximum atomic E-state index is 6.04. The lowest BCUT2D eigenvalue weighted by molar-refractivity contribution is 0.198. The van der Waals surface area contributed by atoms with Crippen LogP contribution in [0.25, 0.3) is 0 Å². The molecule has 0 spiro atoms. The zero-order valence-electron chi connectivity index (χ0n) is 14.5. The van der Waals surface area contributed by atoms with Gasteiger partial charge in [-0.15, -0.1) is 0 Å². The van der Waals surface area contributed by atoms with E-state index in [1.165, 1.54) is 18.4 Å². The van der Waals surface area contributed by atoms with E-state index in [1.807, 2.05) is 6.07 Å². The summed E-state index contributed by atoms with van der Waals surface area (Å²) in [6, 6.07) is 6.28. The predicted octanol–water partition coefficient (Wildman–Crippen LogP) is 5.34. The van der Waals surface area contributed by atoms with E-state index in [4.69, 9.17) is 9.47 Å². The zero-order chi connectivity index (χ0) is 15.7. The van der Waals surface area contributed by atoms with Crippen LogP contribution in [0, 0.1) is 5.41 Å². The fourth-order valence-corrected chi connectivity index (χ4v) is 2.80. The van der Waals surface area contributed by atoms with E-state index in [0.717, 1.165) is 24.5 Å². The Bertz CT molecular complexity index is 483. The van der Waals surface area contributed by atoms with Gasteiger partial charge in [-0.2, -0.15) is 0 Å². The fraction of sp³-hybridized carbons (Fsp3) is 0.684. The Balaban J connectivity index is 1.89. The smallest absolute Gasteiger partial charge is 0.126 e. The molecular formula is C19H30O2. The number of fused-ring (bicyclic) bond motifs is 1. The molecule has 1 aromatic rings. The minimum absolute atomic E-state index is 0.117. The van der Waals surface area contributed by atoms with E-state index in [9.17, 15) is 0 Å². The Morgan fingerprint density at radius 2 is 2.00 bits per heavy atom. The predicted molar refractivity (Wildman–Crippen MR) is 88.4 cm³/mol. The molecule has 2 nitrogen and oxygen atoms in total. The van der Waals surface area contributed by atoms with Crippen LogP contribution in [-0.4, -0.2) is 12.7 Å². The number of hydrogen-bond donors (Lipinski definition) is 0. The van der Waals surface area contributed by atoms with E-state index < -0.39 is 0 Å². The average molecular weight is 290 g/mol. The van der Waals surface area contributed by atoms with Crippen molar-refractivity contribution in [1.29, 1.82) is 0 Å². The minimum atomic E-state index is 0.117. The molecule has 21 heavy (non-hydrogen) atoms. The van der Waals surface area contributed by atoms with Gasteiger partial charge in [0.05, 0.1) is 12.7 Å². The molecule has 1 aromatic carbocycles. The van der Waals surface area contributed by atoms with Crippen LogP contribution in [0.2, 0.25) is 0 Å². The molecule has 1 aliphatic rings. The number of ether oxygens (including phenoxy) is 2. The summed E-state index contributed by atoms with van der Waals surface area (Å²) in [5.74, 6) is 1.91. The summed E-state index contributed by atoms with van der Waals surface area (Å²) in [7, 11) is 0. The molecule has 0 saturated heterocycles. The first-order chi connectivity index (χ1) is 9.67. The highest BCUT2D eigenvalue weighted by molar-refractivity contribution is 5.47. The molecule has 0 saturated carbocycles. The first-order valence-electron chi connectivity index (χ1n) is 8.11. The van der Waals surface area contributed by atoms with E-state index in [1.54, 1.807) is 0 Å². The van der Waals surface area contributed by atoms with Gasteiger partial charge in [0.2, 0.25) is 0 Å². The molecular weight excluding hydrogens is 260 g/mol. The SMILES string of the molecule is CC(CCCC(C)(C)C)Oc1ccc2c(c1)OCC2(C)C. The van der Waals surface area contributed by atoms with E-state index in [2.05, 4.69) is 53.7 Å². The topological polar surface area (TPSA) is 18.5 Å². The van der Waals surface area contributed by atoms with Gasteiger partial charge in [0.1, 0.15) is 11.5 Å². The van der Waals surface area contributed by atoms with Crippen molar-refractivity contribution in [2.45, 2.75) is 72.3 Å². The van der Waals surface area contributed by atoms with Crippen LogP contribution in [0.1, 0.15) is 66.4 Å². The summed E-state index contributed by atoms with van der Waals surface area (Å²) < 4.78 is 11.8. The van der Waals surface area contributed by atoms with E-state index in [0.29, 0.717) is 5.41 Å². The zero-order valence-corrected chi connectivity index (χ0v) is 14.5. The second-order valence-corrected chi connectivity index (χ2v) is 8.21. The first kappa shape index (κ1) is 16.2. The van der Waals surface area contributed by atoms with Gasteiger partial charge in [0.25, 0.3) is 0 Å². The normalized spacial score (nSPS) is 18.0. The van der Waals surface area contributed by atoms with E-state index >= 15 is 0 Å². The average Bonchev–Trinajstić information content (AvgIpc) is 2.63. The molecule has 0 fully saturated rings. The third-order valence-electron chi connectivity index (χ3n) is 4.15. The van der Waals surface area contributed by atoms with Crippen molar-refractivity contribution in [2.75, 3.05) is 6.61 Å². The Hall–Kier alpha value is -1.18. The summed E-state index contributed by atoms with van der Waals surface area (Å²) in [5.41, 5.74) is 1.81. The maximum absolute atomic E-state index is 6.04. The number of benzene rings is 1. The Kier molecular flexibility index (Phi) is 4.55. The summed E-state index contributed by atoms with van der Waals surface area (Å²) >= 11 is 0. The van der Waals surface area contributed by atoms with E-state index in [-0.39, 0.29) is 11.5 Å². The monoisotopic (exact) mass is 290 g/mol. The van der Waals surface area contributed by atoms with Gasteiger partial charge < -0.3 is 9.47 Å². The molecule has 118 valence electrons. The van der Waals surface area contributed by atoms with Gasteiger partial charge in [0, 0.05) is 17.0 Å². The van der Waals surface area contributed by atoms with Crippen molar-refractivity contribution in [1.82, 2.24) is 0 Å². The number of rotatable bonds is 5. The summed E-state index contributed by atoms with van der Waals surface area (Å²) in [6.07, 6.45) is 3.79. The number of hydrogen-bond acceptors (Lipinski definition) is 2. The van der Waals surface area contributed by atoms with Crippen LogP contribution < -0.4 is 9.47 Å². The van der Waals surface area contributed by atoms with Crippen LogP contribution in [0.4, 0.5) is 0 Å². The highest BCUT2D eigenvalue weighted by Crippen LogP contribution is 2.40. The highest BCUT2D eigenvalue weighted by Gasteiger charge is 2.31. The summed E-state index contributed by atoms with van der Waals surface area (Å²) in [5, 5.41) is 0. The van der Waals surface area contributed by atoms with Gasteiger partial charge in [0.15, 0.2) is 0 Å². The van der Waals surface area contributed by atoms with Crippen molar-refractivity contribution < 1.29 is 9.47 Å².